The average Bonchev–Trinajstić information content (AvgIpc) is 2.87. The topological polar surface area (TPSA) is 83.7 Å². The van der Waals surface area contributed by atoms with E-state index in [4.69, 9.17) is 4.52 Å². The molecule has 0 N–H and O–H groups in total. The molecule has 28 heavy (non-hydrogen) atoms. The van der Waals surface area contributed by atoms with Crippen LogP contribution in [0.15, 0.2) is 32.5 Å². The Labute approximate surface area is 170 Å². The number of carbonyl (C=O) groups is 1. The van der Waals surface area contributed by atoms with E-state index in [1.54, 1.807) is 30.5 Å². The van der Waals surface area contributed by atoms with Crippen LogP contribution in [0.2, 0.25) is 0 Å². The molecule has 1 aromatic carbocycles. The smallest absolute Gasteiger partial charge is 0.254 e. The lowest BCUT2D eigenvalue weighted by Crippen LogP contribution is -2.37. The van der Waals surface area contributed by atoms with Gasteiger partial charge in [-0.25, -0.2) is 8.42 Å². The van der Waals surface area contributed by atoms with E-state index in [2.05, 4.69) is 5.16 Å². The molecule has 2 aromatic rings. The van der Waals surface area contributed by atoms with Crippen LogP contribution in [0.25, 0.3) is 0 Å². The van der Waals surface area contributed by atoms with Crippen molar-refractivity contribution in [3.63, 3.8) is 0 Å². The van der Waals surface area contributed by atoms with E-state index in [0.29, 0.717) is 43.1 Å². The Morgan fingerprint density at radius 2 is 1.89 bits per heavy atom. The molecule has 152 valence electrons. The molecule has 0 aliphatic carbocycles. The highest BCUT2D eigenvalue weighted by atomic mass is 32.2. The fourth-order valence-corrected chi connectivity index (χ4v) is 5.64. The lowest BCUT2D eigenvalue weighted by Gasteiger charge is -2.22. The van der Waals surface area contributed by atoms with E-state index < -0.39 is 10.0 Å². The maximum absolute atomic E-state index is 13.1. The van der Waals surface area contributed by atoms with Crippen molar-refractivity contribution in [3.05, 3.63) is 40.8 Å². The normalized spacial score (nSPS) is 16.2. The van der Waals surface area contributed by atoms with Crippen LogP contribution in [0, 0.1) is 20.8 Å². The number of rotatable bonds is 4. The Balaban J connectivity index is 1.79. The number of thioether (sulfide) groups is 1. The third-order valence-corrected chi connectivity index (χ3v) is 7.85. The van der Waals surface area contributed by atoms with Crippen LogP contribution in [0.1, 0.15) is 33.8 Å². The van der Waals surface area contributed by atoms with Gasteiger partial charge in [-0.3, -0.25) is 4.79 Å². The predicted octanol–water partition coefficient (Wildman–Crippen LogP) is 2.86. The molecule has 0 saturated carbocycles. The van der Waals surface area contributed by atoms with Gasteiger partial charge in [-0.2, -0.15) is 4.31 Å². The van der Waals surface area contributed by atoms with Crippen LogP contribution in [0.4, 0.5) is 0 Å². The molecule has 0 atom stereocenters. The number of benzene rings is 1. The molecule has 3 rings (SSSR count). The van der Waals surface area contributed by atoms with E-state index in [-0.39, 0.29) is 17.3 Å². The van der Waals surface area contributed by atoms with Crippen molar-refractivity contribution in [2.24, 2.45) is 0 Å². The molecule has 1 aliphatic heterocycles. The summed E-state index contributed by atoms with van der Waals surface area (Å²) in [6.45, 7) is 6.63. The third kappa shape index (κ3) is 3.97. The van der Waals surface area contributed by atoms with E-state index in [1.807, 2.05) is 31.4 Å². The lowest BCUT2D eigenvalue weighted by molar-refractivity contribution is 0.0763. The Morgan fingerprint density at radius 1 is 1.14 bits per heavy atom. The van der Waals surface area contributed by atoms with E-state index in [0.717, 1.165) is 10.5 Å². The number of sulfonamides is 1. The summed E-state index contributed by atoms with van der Waals surface area (Å²) in [7, 11) is -3.70. The molecule has 0 bridgehead atoms. The van der Waals surface area contributed by atoms with E-state index in [9.17, 15) is 13.2 Å². The number of aryl methyl sites for hydroxylation is 3. The molecule has 1 amide bonds. The Morgan fingerprint density at radius 3 is 2.54 bits per heavy atom. The number of aromatic nitrogens is 1. The summed E-state index contributed by atoms with van der Waals surface area (Å²) in [4.78, 5) is 16.0. The van der Waals surface area contributed by atoms with Gasteiger partial charge in [0.2, 0.25) is 10.0 Å². The Kier molecular flexibility index (Phi) is 6.16. The minimum atomic E-state index is -3.70. The highest BCUT2D eigenvalue weighted by Crippen LogP contribution is 2.25. The summed E-state index contributed by atoms with van der Waals surface area (Å²) in [6.07, 6.45) is 2.55. The van der Waals surface area contributed by atoms with Gasteiger partial charge in [0.25, 0.3) is 5.91 Å². The van der Waals surface area contributed by atoms with Crippen molar-refractivity contribution in [1.29, 1.82) is 0 Å². The van der Waals surface area contributed by atoms with Gasteiger partial charge in [0.1, 0.15) is 10.6 Å². The van der Waals surface area contributed by atoms with Gasteiger partial charge in [-0.15, -0.1) is 11.8 Å². The van der Waals surface area contributed by atoms with Crippen LogP contribution in [-0.2, 0) is 10.0 Å². The average molecular weight is 424 g/mol. The number of carbonyl (C=O) groups excluding carboxylic acids is 1. The van der Waals surface area contributed by atoms with Crippen molar-refractivity contribution >= 4 is 27.7 Å². The maximum atomic E-state index is 13.1. The molecule has 2 heterocycles. The number of amides is 1. The second kappa shape index (κ2) is 8.26. The summed E-state index contributed by atoms with van der Waals surface area (Å²) in [5.41, 5.74) is 1.96. The van der Waals surface area contributed by atoms with E-state index in [1.165, 1.54) is 4.31 Å². The van der Waals surface area contributed by atoms with Crippen LogP contribution >= 0.6 is 11.8 Å². The first-order valence-electron chi connectivity index (χ1n) is 9.12. The zero-order valence-corrected chi connectivity index (χ0v) is 18.2. The number of hydrogen-bond acceptors (Lipinski definition) is 6. The molecule has 1 aromatic heterocycles. The Bertz CT molecular complexity index is 966. The monoisotopic (exact) mass is 423 g/mol. The van der Waals surface area contributed by atoms with Gasteiger partial charge in [0, 0.05) is 36.6 Å². The minimum Gasteiger partial charge on any atom is -0.360 e. The van der Waals surface area contributed by atoms with Crippen molar-refractivity contribution < 1.29 is 17.7 Å². The van der Waals surface area contributed by atoms with Crippen molar-refractivity contribution in [1.82, 2.24) is 14.4 Å². The number of nitrogens with zero attached hydrogens (tertiary/aromatic N) is 3. The second-order valence-corrected chi connectivity index (χ2v) is 9.64. The van der Waals surface area contributed by atoms with Crippen LogP contribution in [-0.4, -0.2) is 61.1 Å². The predicted molar refractivity (Wildman–Crippen MR) is 108 cm³/mol. The molecular weight excluding hydrogens is 398 g/mol. The van der Waals surface area contributed by atoms with Gasteiger partial charge < -0.3 is 9.42 Å². The van der Waals surface area contributed by atoms with Crippen molar-refractivity contribution in [2.75, 3.05) is 32.4 Å². The Hall–Kier alpha value is -1.84. The molecule has 0 radical (unpaired) electrons. The molecule has 0 unspecified atom stereocenters. The SMILES string of the molecule is CSc1ccc(C)c(C(=O)N2CCCN(S(=O)(=O)c3c(C)noc3C)CC2)c1. The van der Waals surface area contributed by atoms with Crippen LogP contribution in [0.3, 0.4) is 0 Å². The van der Waals surface area contributed by atoms with Crippen LogP contribution in [0.5, 0.6) is 0 Å². The summed E-state index contributed by atoms with van der Waals surface area (Å²) < 4.78 is 32.6. The van der Waals surface area contributed by atoms with Gasteiger partial charge >= 0.3 is 0 Å². The highest BCUT2D eigenvalue weighted by molar-refractivity contribution is 7.98. The summed E-state index contributed by atoms with van der Waals surface area (Å²) >= 11 is 1.59. The van der Waals surface area contributed by atoms with Gasteiger partial charge in [-0.05, 0) is 51.1 Å². The molecule has 9 heteroatoms. The highest BCUT2D eigenvalue weighted by Gasteiger charge is 2.33. The standard InChI is InChI=1S/C19H25N3O4S2/c1-13-6-7-16(27-4)12-17(13)19(23)21-8-5-9-22(11-10-21)28(24,25)18-14(2)20-26-15(18)3/h6-7,12H,5,8-11H2,1-4H3. The molecule has 7 nitrogen and oxygen atoms in total. The van der Waals surface area contributed by atoms with E-state index >= 15 is 0 Å². The first-order chi connectivity index (χ1) is 13.3. The van der Waals surface area contributed by atoms with Gasteiger partial charge in [-0.1, -0.05) is 11.2 Å². The third-order valence-electron chi connectivity index (χ3n) is 4.98. The zero-order valence-electron chi connectivity index (χ0n) is 16.6. The summed E-state index contributed by atoms with van der Waals surface area (Å²) in [5, 5.41) is 3.76. The molecule has 1 fully saturated rings. The fourth-order valence-electron chi connectivity index (χ4n) is 3.44. The lowest BCUT2D eigenvalue weighted by atomic mass is 10.1. The maximum Gasteiger partial charge on any atom is 0.254 e. The molecule has 0 spiro atoms. The minimum absolute atomic E-state index is 0.0509. The molecular formula is C19H25N3O4S2. The van der Waals surface area contributed by atoms with Crippen LogP contribution < -0.4 is 0 Å². The summed E-state index contributed by atoms with van der Waals surface area (Å²) in [5.74, 6) is 0.240. The largest absolute Gasteiger partial charge is 0.360 e. The first-order valence-corrected chi connectivity index (χ1v) is 11.8. The number of hydrogen-bond donors (Lipinski definition) is 0. The molecule has 1 saturated heterocycles. The first kappa shape index (κ1) is 20.9. The molecule has 1 aliphatic rings. The van der Waals surface area contributed by atoms with Gasteiger partial charge in [0.05, 0.1) is 0 Å². The van der Waals surface area contributed by atoms with Crippen molar-refractivity contribution in [2.45, 2.75) is 37.0 Å². The zero-order chi connectivity index (χ0) is 20.5. The van der Waals surface area contributed by atoms with Gasteiger partial charge in [0.15, 0.2) is 5.76 Å². The summed E-state index contributed by atoms with van der Waals surface area (Å²) in [6, 6.07) is 5.85. The quantitative estimate of drug-likeness (QED) is 0.703. The fraction of sp³-hybridized carbons (Fsp3) is 0.474. The second-order valence-electron chi connectivity index (χ2n) is 6.88. The van der Waals surface area contributed by atoms with Crippen molar-refractivity contribution in [3.8, 4) is 0 Å².